The van der Waals surface area contributed by atoms with E-state index in [4.69, 9.17) is 4.74 Å². The highest BCUT2D eigenvalue weighted by atomic mass is 16.5. The molecular formula is C26H21NO2. The van der Waals surface area contributed by atoms with Crippen molar-refractivity contribution in [2.24, 2.45) is 0 Å². The van der Waals surface area contributed by atoms with Gasteiger partial charge >= 0.3 is 0 Å². The average Bonchev–Trinajstić information content (AvgIpc) is 2.82. The van der Waals surface area contributed by atoms with Gasteiger partial charge in [0.2, 0.25) is 0 Å². The minimum Gasteiger partial charge on any atom is -0.355 e. The molecule has 1 aromatic heterocycles. The van der Waals surface area contributed by atoms with E-state index in [9.17, 15) is 4.79 Å². The van der Waals surface area contributed by atoms with Crippen molar-refractivity contribution in [2.75, 3.05) is 0 Å². The minimum absolute atomic E-state index is 0.264. The van der Waals surface area contributed by atoms with E-state index in [1.807, 2.05) is 66.7 Å². The Morgan fingerprint density at radius 2 is 1.14 bits per heavy atom. The predicted molar refractivity (Wildman–Crippen MR) is 114 cm³/mol. The zero-order valence-electron chi connectivity index (χ0n) is 15.9. The molecular weight excluding hydrogens is 358 g/mol. The fraction of sp³-hybridized carbons (Fsp3) is 0.0769. The van der Waals surface area contributed by atoms with E-state index in [0.717, 1.165) is 23.0 Å². The standard InChI is InChI=1S/C26H21NO2/c28-19-24-17-10-18-25(27-24)20-29-26(21-11-4-1-5-12-21,22-13-6-2-7-14-22)23-15-8-3-9-16-23/h1-19H,20H2. The van der Waals surface area contributed by atoms with E-state index in [1.54, 1.807) is 6.07 Å². The number of rotatable bonds is 7. The summed E-state index contributed by atoms with van der Waals surface area (Å²) in [5.74, 6) is 0. The molecule has 3 heteroatoms. The van der Waals surface area contributed by atoms with Crippen LogP contribution in [0.5, 0.6) is 0 Å². The molecule has 0 N–H and O–H groups in total. The highest BCUT2D eigenvalue weighted by Gasteiger charge is 2.37. The Kier molecular flexibility index (Phi) is 5.59. The third-order valence-corrected chi connectivity index (χ3v) is 4.93. The maximum absolute atomic E-state index is 11.1. The molecule has 0 saturated heterocycles. The molecule has 142 valence electrons. The monoisotopic (exact) mass is 379 g/mol. The molecule has 3 nitrogen and oxygen atoms in total. The van der Waals surface area contributed by atoms with Crippen molar-refractivity contribution in [1.82, 2.24) is 4.98 Å². The third-order valence-electron chi connectivity index (χ3n) is 4.93. The topological polar surface area (TPSA) is 39.2 Å². The normalized spacial score (nSPS) is 11.2. The van der Waals surface area contributed by atoms with E-state index in [2.05, 4.69) is 41.4 Å². The number of aldehydes is 1. The second kappa shape index (κ2) is 8.63. The molecule has 0 bridgehead atoms. The lowest BCUT2D eigenvalue weighted by Crippen LogP contribution is -2.33. The van der Waals surface area contributed by atoms with Crippen LogP contribution in [0.1, 0.15) is 32.9 Å². The summed E-state index contributed by atoms with van der Waals surface area (Å²) in [6.07, 6.45) is 0.752. The van der Waals surface area contributed by atoms with E-state index in [0.29, 0.717) is 11.4 Å². The average molecular weight is 379 g/mol. The lowest BCUT2D eigenvalue weighted by Gasteiger charge is -2.36. The third kappa shape index (κ3) is 3.86. The largest absolute Gasteiger partial charge is 0.355 e. The van der Waals surface area contributed by atoms with Crippen LogP contribution < -0.4 is 0 Å². The molecule has 4 rings (SSSR count). The summed E-state index contributed by atoms with van der Waals surface area (Å²) >= 11 is 0. The van der Waals surface area contributed by atoms with Crippen LogP contribution in [0.15, 0.2) is 109 Å². The summed E-state index contributed by atoms with van der Waals surface area (Å²) in [4.78, 5) is 15.5. The molecule has 1 heterocycles. The number of hydrogen-bond acceptors (Lipinski definition) is 3. The van der Waals surface area contributed by atoms with Crippen molar-refractivity contribution in [3.63, 3.8) is 0 Å². The quantitative estimate of drug-likeness (QED) is 0.319. The van der Waals surface area contributed by atoms with Gasteiger partial charge in [-0.1, -0.05) is 97.1 Å². The molecule has 0 spiro atoms. The first kappa shape index (κ1) is 18.8. The van der Waals surface area contributed by atoms with E-state index >= 15 is 0 Å². The summed E-state index contributed by atoms with van der Waals surface area (Å²) < 4.78 is 6.70. The first-order valence-corrected chi connectivity index (χ1v) is 9.54. The number of aromatic nitrogens is 1. The fourth-order valence-electron chi connectivity index (χ4n) is 3.59. The molecule has 0 atom stereocenters. The minimum atomic E-state index is -0.803. The van der Waals surface area contributed by atoms with Gasteiger partial charge < -0.3 is 4.74 Å². The Balaban J connectivity index is 1.86. The van der Waals surface area contributed by atoms with Gasteiger partial charge in [-0.3, -0.25) is 4.79 Å². The molecule has 0 aliphatic heterocycles. The number of benzene rings is 3. The van der Waals surface area contributed by atoms with Crippen LogP contribution in [0.2, 0.25) is 0 Å². The Hall–Kier alpha value is -3.56. The van der Waals surface area contributed by atoms with Crippen LogP contribution in [0.4, 0.5) is 0 Å². The van der Waals surface area contributed by atoms with Crippen LogP contribution in [-0.2, 0) is 16.9 Å². The van der Waals surface area contributed by atoms with Crippen molar-refractivity contribution >= 4 is 6.29 Å². The van der Waals surface area contributed by atoms with Crippen LogP contribution in [0, 0.1) is 0 Å². The van der Waals surface area contributed by atoms with Crippen molar-refractivity contribution in [3.05, 3.63) is 137 Å². The summed E-state index contributed by atoms with van der Waals surface area (Å²) in [5, 5.41) is 0. The zero-order chi connectivity index (χ0) is 19.9. The summed E-state index contributed by atoms with van der Waals surface area (Å²) in [7, 11) is 0. The highest BCUT2D eigenvalue weighted by Crippen LogP contribution is 2.40. The first-order valence-electron chi connectivity index (χ1n) is 9.54. The molecule has 0 aliphatic rings. The molecule has 0 fully saturated rings. The van der Waals surface area contributed by atoms with E-state index in [1.165, 1.54) is 0 Å². The summed E-state index contributed by atoms with van der Waals surface area (Å²) in [6, 6.07) is 36.0. The van der Waals surface area contributed by atoms with E-state index < -0.39 is 5.60 Å². The molecule has 0 unspecified atom stereocenters. The van der Waals surface area contributed by atoms with Gasteiger partial charge in [0.25, 0.3) is 0 Å². The molecule has 0 aliphatic carbocycles. The second-order valence-corrected chi connectivity index (χ2v) is 6.74. The van der Waals surface area contributed by atoms with Crippen molar-refractivity contribution in [3.8, 4) is 0 Å². The number of carbonyl (C=O) groups excluding carboxylic acids is 1. The lowest BCUT2D eigenvalue weighted by atomic mass is 9.80. The number of nitrogens with zero attached hydrogens (tertiary/aromatic N) is 1. The van der Waals surface area contributed by atoms with Crippen molar-refractivity contribution in [1.29, 1.82) is 0 Å². The summed E-state index contributed by atoms with van der Waals surface area (Å²) in [5.41, 5.74) is 3.40. The maximum atomic E-state index is 11.1. The number of pyridine rings is 1. The lowest BCUT2D eigenvalue weighted by molar-refractivity contribution is -0.00143. The fourth-order valence-corrected chi connectivity index (χ4v) is 3.59. The van der Waals surface area contributed by atoms with Crippen LogP contribution >= 0.6 is 0 Å². The smallest absolute Gasteiger partial charge is 0.168 e. The van der Waals surface area contributed by atoms with E-state index in [-0.39, 0.29) is 6.61 Å². The Morgan fingerprint density at radius 1 is 0.655 bits per heavy atom. The van der Waals surface area contributed by atoms with Gasteiger partial charge in [0, 0.05) is 0 Å². The van der Waals surface area contributed by atoms with Gasteiger partial charge in [0.1, 0.15) is 11.3 Å². The van der Waals surface area contributed by atoms with Gasteiger partial charge in [-0.25, -0.2) is 4.98 Å². The Labute approximate surface area is 170 Å². The number of carbonyl (C=O) groups is 1. The van der Waals surface area contributed by atoms with Crippen molar-refractivity contribution in [2.45, 2.75) is 12.2 Å². The predicted octanol–water partition coefficient (Wildman–Crippen LogP) is 5.40. The van der Waals surface area contributed by atoms with Crippen molar-refractivity contribution < 1.29 is 9.53 Å². The highest BCUT2D eigenvalue weighted by molar-refractivity contribution is 5.71. The van der Waals surface area contributed by atoms with Crippen LogP contribution in [-0.4, -0.2) is 11.3 Å². The Bertz CT molecular complexity index is 967. The molecule has 0 saturated carbocycles. The number of hydrogen-bond donors (Lipinski definition) is 0. The van der Waals surface area contributed by atoms with Gasteiger partial charge in [0.15, 0.2) is 6.29 Å². The van der Waals surface area contributed by atoms with Gasteiger partial charge in [-0.15, -0.1) is 0 Å². The summed E-state index contributed by atoms with van der Waals surface area (Å²) in [6.45, 7) is 0.264. The second-order valence-electron chi connectivity index (χ2n) is 6.74. The SMILES string of the molecule is O=Cc1cccc(COC(c2ccccc2)(c2ccccc2)c2ccccc2)n1. The Morgan fingerprint density at radius 3 is 1.59 bits per heavy atom. The molecule has 0 radical (unpaired) electrons. The van der Waals surface area contributed by atoms with Crippen LogP contribution in [0.25, 0.3) is 0 Å². The molecule has 4 aromatic rings. The van der Waals surface area contributed by atoms with Gasteiger partial charge in [0.05, 0.1) is 12.3 Å². The first-order chi connectivity index (χ1) is 14.3. The molecule has 29 heavy (non-hydrogen) atoms. The molecule has 3 aromatic carbocycles. The maximum Gasteiger partial charge on any atom is 0.168 e. The molecule has 0 amide bonds. The van der Waals surface area contributed by atoms with Gasteiger partial charge in [-0.05, 0) is 28.8 Å². The van der Waals surface area contributed by atoms with Crippen LogP contribution in [0.3, 0.4) is 0 Å². The number of ether oxygens (including phenoxy) is 1. The zero-order valence-corrected chi connectivity index (χ0v) is 15.9. The van der Waals surface area contributed by atoms with Gasteiger partial charge in [-0.2, -0.15) is 0 Å².